The zero-order chi connectivity index (χ0) is 49.9. The monoisotopic (exact) mass is 1060 g/mol. The number of pyridine rings is 2. The van der Waals surface area contributed by atoms with Crippen LogP contribution in [0, 0.1) is 24.3 Å². The van der Waals surface area contributed by atoms with Gasteiger partial charge < -0.3 is 41.2 Å². The third kappa shape index (κ3) is 13.2. The van der Waals surface area contributed by atoms with Crippen molar-refractivity contribution < 1.29 is 27.0 Å². The van der Waals surface area contributed by atoms with Gasteiger partial charge in [0.2, 0.25) is 0 Å². The first-order valence-electron chi connectivity index (χ1n) is 20.9. The maximum Gasteiger partial charge on any atom is 0.347 e. The van der Waals surface area contributed by atoms with Crippen molar-refractivity contribution in [2.75, 3.05) is 31.5 Å². The van der Waals surface area contributed by atoms with Crippen LogP contribution >= 0.6 is 39.1 Å². The van der Waals surface area contributed by atoms with Gasteiger partial charge in [-0.15, -0.1) is 0 Å². The van der Waals surface area contributed by atoms with E-state index in [-0.39, 0.29) is 20.8 Å². The number of hydrogen-bond acceptors (Lipinski definition) is 12. The van der Waals surface area contributed by atoms with E-state index in [0.29, 0.717) is 59.6 Å². The molecule has 0 aliphatic carbocycles. The van der Waals surface area contributed by atoms with Crippen LogP contribution in [-0.4, -0.2) is 65.7 Å². The summed E-state index contributed by atoms with van der Waals surface area (Å²) in [5.41, 5.74) is 7.76. The fourth-order valence-electron chi connectivity index (χ4n) is 6.76. The number of nitrogens with one attached hydrogen (secondary N) is 5. The molecule has 69 heavy (non-hydrogen) atoms. The Morgan fingerprint density at radius 2 is 1.20 bits per heavy atom. The number of H-pyrrole nitrogens is 2. The van der Waals surface area contributed by atoms with Crippen LogP contribution in [0.5, 0.6) is 0 Å². The first kappa shape index (κ1) is 51.9. The molecule has 8 aromatic rings. The van der Waals surface area contributed by atoms with Gasteiger partial charge in [0, 0.05) is 108 Å². The number of rotatable bonds is 16. The Bertz CT molecular complexity index is 3150. The molecule has 2 aromatic carbocycles. The van der Waals surface area contributed by atoms with Gasteiger partial charge in [0.05, 0.1) is 35.5 Å². The van der Waals surface area contributed by atoms with E-state index in [1.807, 2.05) is 37.3 Å². The van der Waals surface area contributed by atoms with Crippen LogP contribution in [0.1, 0.15) is 34.2 Å². The predicted molar refractivity (Wildman–Crippen MR) is 256 cm³/mol. The first-order valence-corrected chi connectivity index (χ1v) is 22.5. The highest BCUT2D eigenvalue weighted by Crippen LogP contribution is 2.26. The molecule has 8 rings (SSSR count). The molecule has 0 radical (unpaired) electrons. The quantitative estimate of drug-likeness (QED) is 0.0295. The molecule has 7 N–H and O–H groups in total. The van der Waals surface area contributed by atoms with E-state index in [1.165, 1.54) is 35.0 Å². The lowest BCUT2D eigenvalue weighted by Gasteiger charge is -2.17. The molecule has 0 unspecified atom stereocenters. The summed E-state index contributed by atoms with van der Waals surface area (Å²) in [4.78, 5) is 32.8. The normalized spacial score (nSPS) is 11.6. The molecule has 0 aliphatic rings. The van der Waals surface area contributed by atoms with Crippen molar-refractivity contribution in [1.29, 1.82) is 0 Å². The van der Waals surface area contributed by atoms with E-state index >= 15 is 0 Å². The molecule has 0 fully saturated rings. The number of hydrogen-bond donors (Lipinski definition) is 6. The molecule has 364 valence electrons. The van der Waals surface area contributed by atoms with Gasteiger partial charge >= 0.3 is 11.8 Å². The van der Waals surface area contributed by atoms with E-state index in [4.69, 9.17) is 28.9 Å². The van der Waals surface area contributed by atoms with Crippen LogP contribution in [0.15, 0.2) is 112 Å². The van der Waals surface area contributed by atoms with Gasteiger partial charge in [-0.3, -0.25) is 19.8 Å². The standard InChI is InChI=1S/C22H22ClF2N7O2.C15H15BrClN5O.C7H8F2N2O/c1-14-11-27-20(28-13-22(24,25)19-4-2-3-8-32(19)34)21(33)31(14)9-7-26-12-18-16-10-15(23)5-6-17(16)29-30-18;1-9-7-19-14(16)15(23)22(9)5-4-18-8-13-11-6-10(17)2-3-12(11)20-21-13;8-7(9,5-10)6-3-1-2-4-11(6)12/h2-6,8,10-11,26H,7,9,12-13H2,1H3,(H,27,28)(H,29,30);2-3,6-7,18H,4-5,8H2,1H3,(H,20,21);1-4H,5,10H2. The largest absolute Gasteiger partial charge is 0.618 e. The maximum absolute atomic E-state index is 14.5. The molecule has 0 atom stereocenters. The summed E-state index contributed by atoms with van der Waals surface area (Å²) in [6, 6.07) is 18.6. The van der Waals surface area contributed by atoms with Crippen molar-refractivity contribution in [3.63, 3.8) is 0 Å². The minimum atomic E-state index is -3.50. The second-order valence-corrected chi connectivity index (χ2v) is 16.8. The Hall–Kier alpha value is -6.50. The number of halogens is 7. The Morgan fingerprint density at radius 3 is 1.70 bits per heavy atom. The zero-order valence-electron chi connectivity index (χ0n) is 36.8. The summed E-state index contributed by atoms with van der Waals surface area (Å²) in [7, 11) is 0. The highest BCUT2D eigenvalue weighted by atomic mass is 79.9. The van der Waals surface area contributed by atoms with Crippen molar-refractivity contribution in [3.8, 4) is 0 Å². The number of aromatic amines is 2. The molecule has 6 heterocycles. The molecule has 0 bridgehead atoms. The molecule has 25 heteroatoms. The van der Waals surface area contributed by atoms with E-state index in [2.05, 4.69) is 62.2 Å². The number of anilines is 1. The van der Waals surface area contributed by atoms with Crippen LogP contribution in [0.3, 0.4) is 0 Å². The fraction of sp³-hybridized carbons (Fsp3) is 0.273. The fourth-order valence-corrected chi connectivity index (χ4v) is 7.42. The molecule has 6 aromatic heterocycles. The Labute approximate surface area is 408 Å². The molecule has 0 amide bonds. The van der Waals surface area contributed by atoms with Crippen molar-refractivity contribution in [2.24, 2.45) is 5.73 Å². The third-order valence-electron chi connectivity index (χ3n) is 10.4. The molecular weight excluding hydrogens is 1020 g/mol. The van der Waals surface area contributed by atoms with Crippen molar-refractivity contribution in [1.82, 2.24) is 50.1 Å². The maximum atomic E-state index is 14.5. The number of alkyl halides is 4. The molecule has 0 aliphatic heterocycles. The van der Waals surface area contributed by atoms with Gasteiger partial charge in [-0.1, -0.05) is 23.2 Å². The average Bonchev–Trinajstić information content (AvgIpc) is 3.92. The Balaban J connectivity index is 0.000000191. The molecule has 18 nitrogen and oxygen atoms in total. The summed E-state index contributed by atoms with van der Waals surface area (Å²) in [5.74, 6) is -6.96. The molecule has 0 spiro atoms. The number of nitrogens with zero attached hydrogens (tertiary/aromatic N) is 8. The number of fused-ring (bicyclic) bond motifs is 2. The van der Waals surface area contributed by atoms with E-state index < -0.39 is 41.9 Å². The second-order valence-electron chi connectivity index (χ2n) is 15.2. The van der Waals surface area contributed by atoms with Gasteiger partial charge in [-0.2, -0.15) is 37.2 Å². The summed E-state index contributed by atoms with van der Waals surface area (Å²) >= 11 is 15.3. The van der Waals surface area contributed by atoms with Gasteiger partial charge in [-0.25, -0.2) is 9.97 Å². The number of benzene rings is 2. The zero-order valence-corrected chi connectivity index (χ0v) is 39.9. The number of aromatic nitrogens is 10. The highest BCUT2D eigenvalue weighted by molar-refractivity contribution is 9.10. The Morgan fingerprint density at radius 1 is 0.725 bits per heavy atom. The summed E-state index contributed by atoms with van der Waals surface area (Å²) in [6.45, 7) is 4.81. The predicted octanol–water partition coefficient (Wildman–Crippen LogP) is 5.71. The van der Waals surface area contributed by atoms with Gasteiger partial charge in [0.25, 0.3) is 22.5 Å². The lowest BCUT2D eigenvalue weighted by atomic mass is 10.2. The van der Waals surface area contributed by atoms with Crippen LogP contribution in [-0.2, 0) is 38.0 Å². The van der Waals surface area contributed by atoms with Crippen molar-refractivity contribution >= 4 is 66.8 Å². The second kappa shape index (κ2) is 23.2. The molecular formula is C44H45BrCl2F4N14O4. The third-order valence-corrected chi connectivity index (χ3v) is 11.4. The van der Waals surface area contributed by atoms with Crippen LogP contribution in [0.2, 0.25) is 10.0 Å². The minimum absolute atomic E-state index is 0.102. The van der Waals surface area contributed by atoms with E-state index in [0.717, 1.165) is 63.4 Å². The summed E-state index contributed by atoms with van der Waals surface area (Å²) < 4.78 is 58.3. The van der Waals surface area contributed by atoms with Gasteiger partial charge in [0.1, 0.15) is 0 Å². The van der Waals surface area contributed by atoms with E-state index in [1.54, 1.807) is 23.8 Å². The Kier molecular flexibility index (Phi) is 17.4. The van der Waals surface area contributed by atoms with Crippen molar-refractivity contribution in [3.05, 3.63) is 178 Å². The van der Waals surface area contributed by atoms with Crippen LogP contribution in [0.4, 0.5) is 23.4 Å². The SMILES string of the molecule is Cc1cnc(Br)c(=O)n1CCNCc1[nH]nc2ccc(Cl)cc12.Cc1cnc(NCC(F)(F)c2cccc[n+]2[O-])c(=O)n1CCNCc1[nH]nc2ccc(Cl)cc12.NCC(F)(F)c1cccc[n+]1[O-]. The minimum Gasteiger partial charge on any atom is -0.618 e. The van der Waals surface area contributed by atoms with Gasteiger partial charge in [0.15, 0.2) is 22.8 Å². The van der Waals surface area contributed by atoms with Crippen LogP contribution < -0.4 is 42.3 Å². The molecule has 0 saturated heterocycles. The number of aryl methyl sites for hydroxylation is 2. The van der Waals surface area contributed by atoms with Crippen molar-refractivity contribution in [2.45, 2.75) is 51.9 Å². The van der Waals surface area contributed by atoms with Gasteiger partial charge in [-0.05, 0) is 78.3 Å². The molecule has 0 saturated carbocycles. The summed E-state index contributed by atoms with van der Waals surface area (Å²) in [6.07, 6.45) is 5.12. The smallest absolute Gasteiger partial charge is 0.347 e. The highest BCUT2D eigenvalue weighted by Gasteiger charge is 2.40. The van der Waals surface area contributed by atoms with Crippen LogP contribution in [0.25, 0.3) is 21.8 Å². The first-order chi connectivity index (χ1) is 32.9. The topological polar surface area (TPSA) is 243 Å². The lowest BCUT2D eigenvalue weighted by molar-refractivity contribution is -0.624. The lowest BCUT2D eigenvalue weighted by Crippen LogP contribution is -2.41. The summed E-state index contributed by atoms with van der Waals surface area (Å²) in [5, 5.41) is 49.1. The number of nitrogens with two attached hydrogens (primary N) is 1. The average molecular weight is 1060 g/mol. The van der Waals surface area contributed by atoms with E-state index in [9.17, 15) is 37.6 Å².